The van der Waals surface area contributed by atoms with E-state index in [0.29, 0.717) is 5.46 Å². The van der Waals surface area contributed by atoms with Crippen LogP contribution in [0.2, 0.25) is 10.0 Å². The van der Waals surface area contributed by atoms with E-state index in [0.717, 1.165) is 4.68 Å². The number of benzene rings is 1. The number of nitrogen functional groups attached to an aromatic ring is 1. The van der Waals surface area contributed by atoms with Gasteiger partial charge in [-0.3, -0.25) is 4.79 Å². The van der Waals surface area contributed by atoms with E-state index >= 15 is 0 Å². The minimum atomic E-state index is -0.823. The number of amides is 1. The lowest BCUT2D eigenvalue weighted by Crippen LogP contribution is -2.14. The molecule has 10 heteroatoms. The number of hydrogen-bond donors (Lipinski definition) is 3. The molecule has 2 heterocycles. The van der Waals surface area contributed by atoms with Crippen molar-refractivity contribution in [1.82, 2.24) is 9.78 Å². The summed E-state index contributed by atoms with van der Waals surface area (Å²) < 4.78 is 6.36. The highest BCUT2D eigenvalue weighted by atomic mass is 35.5. The van der Waals surface area contributed by atoms with Crippen LogP contribution < -0.4 is 16.9 Å². The fourth-order valence-electron chi connectivity index (χ4n) is 2.22. The highest BCUT2D eigenvalue weighted by Gasteiger charge is 2.26. The normalized spacial score (nSPS) is 10.9. The number of carbonyl (C=O) groups excluding carboxylic acids is 1. The Morgan fingerprint density at radius 3 is 2.67 bits per heavy atom. The Hall–Kier alpha value is -2.58. The molecule has 120 valence electrons. The molecule has 0 aliphatic carbocycles. The molecule has 0 saturated carbocycles. The molecule has 7 nitrogen and oxygen atoms in total. The van der Waals surface area contributed by atoms with E-state index in [1.165, 1.54) is 24.5 Å². The van der Waals surface area contributed by atoms with E-state index in [2.05, 4.69) is 5.10 Å². The number of halogens is 2. The van der Waals surface area contributed by atoms with E-state index in [-0.39, 0.29) is 44.3 Å². The largest absolute Gasteiger partial charge is 0.506 e. The monoisotopic (exact) mass is 362 g/mol. The fourth-order valence-corrected chi connectivity index (χ4v) is 2.75. The van der Waals surface area contributed by atoms with Crippen LogP contribution >= 0.6 is 23.2 Å². The number of nitrogens with zero attached hydrogens (tertiary/aromatic N) is 2. The van der Waals surface area contributed by atoms with Crippen LogP contribution in [0.5, 0.6) is 5.75 Å². The number of furan rings is 1. The lowest BCUT2D eigenvalue weighted by molar-refractivity contribution is 0.100. The zero-order chi connectivity index (χ0) is 17.6. The number of hydrogen-bond acceptors (Lipinski definition) is 5. The van der Waals surface area contributed by atoms with Crippen molar-refractivity contribution in [2.45, 2.75) is 0 Å². The summed E-state index contributed by atoms with van der Waals surface area (Å²) in [5.74, 6) is -0.965. The van der Waals surface area contributed by atoms with Crippen LogP contribution in [0.25, 0.3) is 17.1 Å². The molecule has 2 radical (unpaired) electrons. The first-order valence-electron chi connectivity index (χ1n) is 6.51. The smallest absolute Gasteiger partial charge is 0.254 e. The van der Waals surface area contributed by atoms with Crippen molar-refractivity contribution in [1.29, 1.82) is 0 Å². The van der Waals surface area contributed by atoms with Crippen LogP contribution in [0.4, 0.5) is 5.82 Å². The molecule has 3 rings (SSSR count). The number of nitrogens with two attached hydrogens (primary N) is 2. The number of aromatic hydroxyl groups is 1. The Bertz CT molecular complexity index is 967. The molecular formula is C14H9BCl2N4O3. The SMILES string of the molecule is [B]c1coc(-c2nn(-c3c(Cl)ccc(O)c3Cl)c(N)c2C(N)=O)c1. The molecule has 0 bridgehead atoms. The Labute approximate surface area is 147 Å². The zero-order valence-corrected chi connectivity index (χ0v) is 13.5. The number of phenolic OH excluding ortho intramolecular Hbond substituents is 1. The van der Waals surface area contributed by atoms with Crippen molar-refractivity contribution in [2.75, 3.05) is 5.73 Å². The molecule has 1 aromatic carbocycles. The lowest BCUT2D eigenvalue weighted by atomic mass is 10.00. The van der Waals surface area contributed by atoms with E-state index in [9.17, 15) is 9.90 Å². The maximum Gasteiger partial charge on any atom is 0.254 e. The Morgan fingerprint density at radius 2 is 2.08 bits per heavy atom. The van der Waals surface area contributed by atoms with Gasteiger partial charge in [0.25, 0.3) is 5.91 Å². The molecular weight excluding hydrogens is 354 g/mol. The first-order chi connectivity index (χ1) is 11.3. The maximum atomic E-state index is 11.8. The molecule has 0 aliphatic heterocycles. The molecule has 0 atom stereocenters. The second-order valence-corrected chi connectivity index (χ2v) is 5.64. The maximum absolute atomic E-state index is 11.8. The first kappa shape index (κ1) is 16.3. The van der Waals surface area contributed by atoms with Gasteiger partial charge in [-0.1, -0.05) is 28.7 Å². The van der Waals surface area contributed by atoms with Crippen LogP contribution in [0.3, 0.4) is 0 Å². The number of carbonyl (C=O) groups is 1. The van der Waals surface area contributed by atoms with Crippen LogP contribution in [-0.4, -0.2) is 28.6 Å². The third kappa shape index (κ3) is 2.49. The first-order valence-corrected chi connectivity index (χ1v) is 7.27. The van der Waals surface area contributed by atoms with Crippen LogP contribution in [0, 0.1) is 0 Å². The average Bonchev–Trinajstić information content (AvgIpc) is 3.08. The van der Waals surface area contributed by atoms with Gasteiger partial charge in [-0.2, -0.15) is 5.10 Å². The average molecular weight is 363 g/mol. The highest BCUT2D eigenvalue weighted by molar-refractivity contribution is 6.38. The standard InChI is InChI=1S/C14H9BCl2N4O3/c15-5-3-8(24-4-5)11-9(14(19)23)13(18)21(20-11)12-6(16)1-2-7(22)10(12)17/h1-4,22H,18H2,(H2,19,23). The lowest BCUT2D eigenvalue weighted by Gasteiger charge is -2.10. The summed E-state index contributed by atoms with van der Waals surface area (Å²) in [6.07, 6.45) is 1.28. The molecule has 0 spiro atoms. The van der Waals surface area contributed by atoms with E-state index < -0.39 is 5.91 Å². The predicted molar refractivity (Wildman–Crippen MR) is 91.3 cm³/mol. The van der Waals surface area contributed by atoms with Gasteiger partial charge in [0.05, 0.1) is 11.3 Å². The summed E-state index contributed by atoms with van der Waals surface area (Å²) >= 11 is 12.2. The van der Waals surface area contributed by atoms with Crippen molar-refractivity contribution in [2.24, 2.45) is 5.73 Å². The summed E-state index contributed by atoms with van der Waals surface area (Å²) in [5.41, 5.74) is 11.8. The van der Waals surface area contributed by atoms with Crippen LogP contribution in [0.15, 0.2) is 28.9 Å². The third-order valence-electron chi connectivity index (χ3n) is 3.28. The molecule has 2 aromatic heterocycles. The van der Waals surface area contributed by atoms with Crippen LogP contribution in [-0.2, 0) is 0 Å². The van der Waals surface area contributed by atoms with E-state index in [1.54, 1.807) is 0 Å². The second kappa shape index (κ2) is 5.81. The number of rotatable bonds is 3. The molecule has 0 unspecified atom stereocenters. The number of primary amides is 1. The molecule has 3 aromatic rings. The summed E-state index contributed by atoms with van der Waals surface area (Å²) in [4.78, 5) is 11.8. The fraction of sp³-hybridized carbons (Fsp3) is 0. The van der Waals surface area contributed by atoms with Gasteiger partial charge in [-0.15, -0.1) is 0 Å². The molecule has 1 amide bonds. The minimum absolute atomic E-state index is 0.0761. The topological polar surface area (TPSA) is 120 Å². The second-order valence-electron chi connectivity index (χ2n) is 4.86. The van der Waals surface area contributed by atoms with Crippen molar-refractivity contribution in [3.8, 4) is 22.9 Å². The third-order valence-corrected chi connectivity index (χ3v) is 3.96. The van der Waals surface area contributed by atoms with Crippen LogP contribution in [0.1, 0.15) is 10.4 Å². The summed E-state index contributed by atoms with van der Waals surface area (Å²) in [6, 6.07) is 4.19. The quantitative estimate of drug-likeness (QED) is 0.611. The number of phenols is 1. The van der Waals surface area contributed by atoms with Gasteiger partial charge in [0.2, 0.25) is 0 Å². The summed E-state index contributed by atoms with van der Waals surface area (Å²) in [7, 11) is 5.62. The number of aromatic nitrogens is 2. The Balaban J connectivity index is 2.32. The van der Waals surface area contributed by atoms with Gasteiger partial charge in [-0.05, 0) is 18.2 Å². The van der Waals surface area contributed by atoms with Crippen molar-refractivity contribution in [3.63, 3.8) is 0 Å². The molecule has 5 N–H and O–H groups in total. The zero-order valence-electron chi connectivity index (χ0n) is 12.0. The van der Waals surface area contributed by atoms with Gasteiger partial charge in [0.15, 0.2) is 5.76 Å². The van der Waals surface area contributed by atoms with E-state index in [4.69, 9.17) is 46.9 Å². The highest BCUT2D eigenvalue weighted by Crippen LogP contribution is 2.38. The van der Waals surface area contributed by atoms with Crippen molar-refractivity contribution in [3.05, 3.63) is 40.1 Å². The predicted octanol–water partition coefficient (Wildman–Crippen LogP) is 1.62. The van der Waals surface area contributed by atoms with Gasteiger partial charge < -0.3 is 21.0 Å². The molecule has 0 fully saturated rings. The summed E-state index contributed by atoms with van der Waals surface area (Å²) in [6.45, 7) is 0. The van der Waals surface area contributed by atoms with Gasteiger partial charge in [-0.25, -0.2) is 4.68 Å². The molecule has 24 heavy (non-hydrogen) atoms. The van der Waals surface area contributed by atoms with Crippen molar-refractivity contribution >= 4 is 48.2 Å². The molecule has 0 aliphatic rings. The Kier molecular flexibility index (Phi) is 3.94. The van der Waals surface area contributed by atoms with Crippen molar-refractivity contribution < 1.29 is 14.3 Å². The summed E-state index contributed by atoms with van der Waals surface area (Å²) in [5, 5.41) is 14.1. The number of anilines is 1. The van der Waals surface area contributed by atoms with E-state index in [1.807, 2.05) is 0 Å². The Morgan fingerprint density at radius 1 is 1.38 bits per heavy atom. The van der Waals surface area contributed by atoms with Gasteiger partial charge in [0, 0.05) is 0 Å². The minimum Gasteiger partial charge on any atom is -0.506 e. The van der Waals surface area contributed by atoms with Gasteiger partial charge in [0.1, 0.15) is 41.4 Å². The van der Waals surface area contributed by atoms with Gasteiger partial charge >= 0.3 is 0 Å². The molecule has 0 saturated heterocycles.